The Labute approximate surface area is 515 Å². The molecule has 0 saturated heterocycles. The van der Waals surface area contributed by atoms with E-state index in [0.717, 1.165) is 56.4 Å². The van der Waals surface area contributed by atoms with Gasteiger partial charge in [-0.3, -0.25) is 0 Å². The molecule has 10 aromatic rings. The number of hydrogen-bond donors (Lipinski definition) is 0. The molecule has 418 valence electrons. The molecule has 1 aromatic heterocycles. The quantitative estimate of drug-likeness (QED) is 0.112. The van der Waals surface area contributed by atoms with E-state index in [4.69, 9.17) is 13.8 Å². The third-order valence-electron chi connectivity index (χ3n) is 16.7. The van der Waals surface area contributed by atoms with Crippen LogP contribution in [-0.4, -0.2) is 13.1 Å². The fourth-order valence-corrected chi connectivity index (χ4v) is 17.8. The Bertz CT molecular complexity index is 4390. The molecule has 1 atom stereocenters. The maximum absolute atomic E-state index is 9.54. The Hall–Kier alpha value is -7.76. The van der Waals surface area contributed by atoms with E-state index in [0.29, 0.717) is 28.4 Å². The Morgan fingerprint density at radius 1 is 0.482 bits per heavy atom. The summed E-state index contributed by atoms with van der Waals surface area (Å²) in [5.41, 5.74) is 13.5. The summed E-state index contributed by atoms with van der Waals surface area (Å²) in [4.78, 5) is 11.6. The van der Waals surface area contributed by atoms with Gasteiger partial charge in [0.05, 0.1) is 6.85 Å². The molecule has 0 fully saturated rings. The summed E-state index contributed by atoms with van der Waals surface area (Å²) in [6.45, 7) is 28.6. The number of rotatable bonds is 8. The van der Waals surface area contributed by atoms with Crippen molar-refractivity contribution in [1.29, 1.82) is 0 Å². The third kappa shape index (κ3) is 9.57. The minimum absolute atomic E-state index is 0. The fraction of sp³-hybridized carbons (Fsp3) is 0.211. The van der Waals surface area contributed by atoms with Gasteiger partial charge in [0.1, 0.15) is 13.9 Å². The molecular formula is C76H71N4OPtSi-3. The van der Waals surface area contributed by atoms with Gasteiger partial charge in [-0.05, 0) is 119 Å². The van der Waals surface area contributed by atoms with Crippen molar-refractivity contribution in [3.63, 3.8) is 0 Å². The van der Waals surface area contributed by atoms with Crippen LogP contribution in [0.1, 0.15) is 112 Å². The van der Waals surface area contributed by atoms with Crippen molar-refractivity contribution in [2.75, 3.05) is 14.7 Å². The first kappa shape index (κ1) is 49.8. The maximum atomic E-state index is 9.54. The summed E-state index contributed by atoms with van der Waals surface area (Å²) in [6.07, 6.45) is 1.92. The molecule has 5 nitrogen and oxygen atoms in total. The molecule has 0 spiro atoms. The predicted octanol–water partition coefficient (Wildman–Crippen LogP) is 17.5. The van der Waals surface area contributed by atoms with Crippen LogP contribution in [0.25, 0.3) is 33.4 Å². The number of aromatic nitrogens is 1. The van der Waals surface area contributed by atoms with E-state index >= 15 is 0 Å². The van der Waals surface area contributed by atoms with Gasteiger partial charge < -0.3 is 19.4 Å². The molecular weight excluding hydrogens is 1210 g/mol. The van der Waals surface area contributed by atoms with E-state index in [1.807, 2.05) is 49.3 Å². The van der Waals surface area contributed by atoms with Crippen LogP contribution in [0.3, 0.4) is 0 Å². The second kappa shape index (κ2) is 20.5. The van der Waals surface area contributed by atoms with E-state index in [1.165, 1.54) is 37.4 Å². The molecule has 3 aliphatic heterocycles. The van der Waals surface area contributed by atoms with E-state index in [2.05, 4.69) is 243 Å². The van der Waals surface area contributed by atoms with Gasteiger partial charge in [0.2, 0.25) is 0 Å². The van der Waals surface area contributed by atoms with Gasteiger partial charge in [0, 0.05) is 72.6 Å². The molecule has 0 radical (unpaired) electrons. The summed E-state index contributed by atoms with van der Waals surface area (Å²) >= 11 is 0. The van der Waals surface area contributed by atoms with Crippen molar-refractivity contribution in [2.45, 2.75) is 105 Å². The second-order valence-corrected chi connectivity index (χ2v) is 29.9. The number of ether oxygens (including phenoxy) is 1. The monoisotopic (exact) mass is 1280 g/mol. The summed E-state index contributed by atoms with van der Waals surface area (Å²) in [5, 5.41) is 5.19. The summed E-state index contributed by atoms with van der Waals surface area (Å²) in [7, 11) is -2.97. The first-order chi connectivity index (χ1) is 41.2. The molecule has 4 heterocycles. The zero-order valence-corrected chi connectivity index (χ0v) is 52.6. The molecule has 0 bridgehead atoms. The van der Waals surface area contributed by atoms with Gasteiger partial charge in [0.15, 0.2) is 0 Å². The number of nitrogens with zero attached hydrogens (tertiary/aromatic N) is 4. The van der Waals surface area contributed by atoms with Crippen molar-refractivity contribution >= 4 is 68.8 Å². The molecule has 1 unspecified atom stereocenters. The van der Waals surface area contributed by atoms with Crippen molar-refractivity contribution in [1.82, 2.24) is 4.98 Å². The van der Waals surface area contributed by atoms with E-state index in [-0.39, 0.29) is 67.0 Å². The van der Waals surface area contributed by atoms with Crippen molar-refractivity contribution in [2.24, 2.45) is 0 Å². The SMILES string of the molecule is [2H]c1c([2H])c([2H])c(-c2cc(C(C)(C)C)cc(-c3cc(C(C)(C)C)cc(C(C)(C)C)c3)c2N2[CH-]N(c3[c-]c(Oc4[c-]c5c(cc4)[Si]4(c6ccccc6)c6ccccc6-c6cccc(c64)N5c4cc(C(C)(C)C)ccn4)ccc3)c3ccccc32)c([2H])c1[2H].[Pt]. The summed E-state index contributed by atoms with van der Waals surface area (Å²) in [6, 6.07) is 66.3. The topological polar surface area (TPSA) is 31.8 Å². The van der Waals surface area contributed by atoms with E-state index < -0.39 is 19.5 Å². The van der Waals surface area contributed by atoms with Gasteiger partial charge >= 0.3 is 0 Å². The zero-order valence-electron chi connectivity index (χ0n) is 54.3. The minimum atomic E-state index is -2.97. The van der Waals surface area contributed by atoms with Crippen LogP contribution in [0.2, 0.25) is 0 Å². The van der Waals surface area contributed by atoms with E-state index in [1.54, 1.807) is 0 Å². The first-order valence-corrected chi connectivity index (χ1v) is 30.5. The second-order valence-electron chi connectivity index (χ2n) is 26.2. The summed E-state index contributed by atoms with van der Waals surface area (Å²) in [5.74, 6) is 1.81. The predicted molar refractivity (Wildman–Crippen MR) is 346 cm³/mol. The Morgan fingerprint density at radius 3 is 1.75 bits per heavy atom. The van der Waals surface area contributed by atoms with Crippen LogP contribution in [0, 0.1) is 18.8 Å². The number of hydrogen-bond acceptors (Lipinski definition) is 5. The van der Waals surface area contributed by atoms with Crippen LogP contribution < -0.4 is 40.2 Å². The standard InChI is InChI=1S/C76H71N4OSi.Pt/c1-73(2,3)52-39-40-77-70(46-52)80-66-35-24-32-61-60-31-19-22-36-68(60)82(72(61)66,59-29-17-14-18-30-59)69-38-37-58(48-67(69)80)81-57-28-23-27-56(47-57)78-49-79(65-34-21-20-33-64(65)78)71-62(50-25-15-13-16-26-50)44-55(76(10,11)12)45-63(71)51-41-53(74(4,5)6)43-54(42-51)75(7,8)9;/h13-46,49H,1-12H3;/q-3;/i13D,15D,16D,25D,26D;. The van der Waals surface area contributed by atoms with E-state index in [9.17, 15) is 2.74 Å². The average molecular weight is 1280 g/mol. The fourth-order valence-electron chi connectivity index (χ4n) is 12.3. The van der Waals surface area contributed by atoms with Gasteiger partial charge in [0.25, 0.3) is 0 Å². The van der Waals surface area contributed by atoms with Crippen molar-refractivity contribution < 1.29 is 32.7 Å². The number of benzene rings is 9. The van der Waals surface area contributed by atoms with Crippen LogP contribution in [0.15, 0.2) is 206 Å². The average Bonchev–Trinajstić information content (AvgIpc) is 1.44. The van der Waals surface area contributed by atoms with Gasteiger partial charge in [-0.1, -0.05) is 221 Å². The maximum Gasteiger partial charge on any atom is 0.135 e. The smallest absolute Gasteiger partial charge is 0.135 e. The normalized spacial score (nSPS) is 16.1. The van der Waals surface area contributed by atoms with Crippen molar-refractivity contribution in [3.05, 3.63) is 247 Å². The molecule has 83 heavy (non-hydrogen) atoms. The molecule has 0 saturated carbocycles. The molecule has 0 N–H and O–H groups in total. The Balaban J connectivity index is 0.00000754. The molecule has 0 aliphatic carbocycles. The summed E-state index contributed by atoms with van der Waals surface area (Å²) < 4.78 is 52.8. The Kier molecular flexibility index (Phi) is 12.3. The number of anilines is 7. The molecule has 7 heteroatoms. The van der Waals surface area contributed by atoms with Gasteiger partial charge in [-0.15, -0.1) is 47.9 Å². The first-order valence-electron chi connectivity index (χ1n) is 31.0. The molecule has 3 aliphatic rings. The van der Waals surface area contributed by atoms with Crippen LogP contribution in [0.4, 0.5) is 39.9 Å². The molecule has 9 aromatic carbocycles. The van der Waals surface area contributed by atoms with Gasteiger partial charge in [-0.25, -0.2) is 4.98 Å². The number of fused-ring (bicyclic) bond motifs is 6. The Morgan fingerprint density at radius 2 is 1.06 bits per heavy atom. The minimum Gasteiger partial charge on any atom is -0.509 e. The largest absolute Gasteiger partial charge is 0.509 e. The van der Waals surface area contributed by atoms with Crippen LogP contribution in [0.5, 0.6) is 11.5 Å². The zero-order chi connectivity index (χ0) is 61.4. The van der Waals surface area contributed by atoms with Crippen LogP contribution in [-0.2, 0) is 42.7 Å². The molecule has 0 amide bonds. The van der Waals surface area contributed by atoms with Gasteiger partial charge in [-0.2, -0.15) is 12.1 Å². The molecule has 13 rings (SSSR count). The van der Waals surface area contributed by atoms with Crippen LogP contribution >= 0.6 is 0 Å². The number of pyridine rings is 1. The van der Waals surface area contributed by atoms with Crippen molar-refractivity contribution in [3.8, 4) is 44.9 Å². The number of para-hydroxylation sites is 2. The third-order valence-corrected chi connectivity index (χ3v) is 21.6.